The van der Waals surface area contributed by atoms with Gasteiger partial charge < -0.3 is 5.11 Å². The Morgan fingerprint density at radius 1 is 1.17 bits per heavy atom. The third-order valence-electron chi connectivity index (χ3n) is 7.07. The molecule has 3 heteroatoms. The van der Waals surface area contributed by atoms with Crippen molar-refractivity contribution in [3.05, 3.63) is 23.8 Å². The molecule has 3 nitrogen and oxygen atoms in total. The fourth-order valence-corrected chi connectivity index (χ4v) is 5.51. The number of hydrogen-bond acceptors (Lipinski definition) is 3. The molecular weight excluding hydrogens is 288 g/mol. The first-order chi connectivity index (χ1) is 10.6. The van der Waals surface area contributed by atoms with Crippen LogP contribution in [0.5, 0.6) is 0 Å². The predicted molar refractivity (Wildman–Crippen MR) is 89.8 cm³/mol. The van der Waals surface area contributed by atoms with Crippen LogP contribution in [0.4, 0.5) is 0 Å². The number of rotatable bonds is 1. The normalized spacial score (nSPS) is 43.0. The molecule has 0 radical (unpaired) electrons. The molecule has 1 N–H and O–H groups in total. The van der Waals surface area contributed by atoms with Crippen LogP contribution in [0.15, 0.2) is 23.8 Å². The second kappa shape index (κ2) is 4.89. The first-order valence-electron chi connectivity index (χ1n) is 8.71. The number of Topliss-reactive ketones (excluding diaryl/α,β-unsaturated/α-hetero) is 2. The minimum atomic E-state index is -0.747. The first-order valence-corrected chi connectivity index (χ1v) is 8.71. The maximum Gasteiger partial charge on any atom is 0.169 e. The van der Waals surface area contributed by atoms with Gasteiger partial charge in [-0.3, -0.25) is 9.59 Å². The fraction of sp³-hybridized carbons (Fsp3) is 0.700. The molecule has 0 amide bonds. The standard InChI is InChI=1S/C20H28O3/c1-6-19(4)11-13(21)16-12(17(19)23)7-8-14-18(2,3)15(22)9-10-20(14,16)5/h6,14-15,22H,1,7-11H2,2-5H3/t14-,15+,19-,20-/m1/s1. The first kappa shape index (κ1) is 16.6. The Labute approximate surface area is 138 Å². The van der Waals surface area contributed by atoms with Gasteiger partial charge in [-0.1, -0.05) is 26.8 Å². The van der Waals surface area contributed by atoms with Gasteiger partial charge in [0.05, 0.1) is 11.5 Å². The summed E-state index contributed by atoms with van der Waals surface area (Å²) in [4.78, 5) is 26.0. The van der Waals surface area contributed by atoms with Crippen molar-refractivity contribution in [3.63, 3.8) is 0 Å². The van der Waals surface area contributed by atoms with Gasteiger partial charge in [-0.25, -0.2) is 0 Å². The maximum atomic E-state index is 13.0. The molecular formula is C20H28O3. The highest BCUT2D eigenvalue weighted by atomic mass is 16.3. The zero-order valence-electron chi connectivity index (χ0n) is 14.7. The molecule has 126 valence electrons. The summed E-state index contributed by atoms with van der Waals surface area (Å²) in [6, 6.07) is 0. The zero-order valence-corrected chi connectivity index (χ0v) is 14.7. The molecule has 0 aromatic carbocycles. The summed E-state index contributed by atoms with van der Waals surface area (Å²) in [5.74, 6) is 0.439. The third-order valence-corrected chi connectivity index (χ3v) is 7.07. The zero-order chi connectivity index (χ0) is 17.2. The van der Waals surface area contributed by atoms with E-state index >= 15 is 0 Å². The van der Waals surface area contributed by atoms with Crippen LogP contribution in [0.3, 0.4) is 0 Å². The van der Waals surface area contributed by atoms with Crippen LogP contribution in [-0.2, 0) is 9.59 Å². The highest BCUT2D eigenvalue weighted by molar-refractivity contribution is 6.16. The van der Waals surface area contributed by atoms with Crippen molar-refractivity contribution in [2.75, 3.05) is 0 Å². The number of hydrogen-bond donors (Lipinski definition) is 1. The molecule has 0 aromatic heterocycles. The number of fused-ring (bicyclic) bond motifs is 2. The number of carbonyl (C=O) groups is 2. The molecule has 0 heterocycles. The Morgan fingerprint density at radius 2 is 1.83 bits per heavy atom. The van der Waals surface area contributed by atoms with E-state index in [2.05, 4.69) is 27.4 Å². The number of carbonyl (C=O) groups excluding carboxylic acids is 2. The Bertz CT molecular complexity index is 627. The summed E-state index contributed by atoms with van der Waals surface area (Å²) >= 11 is 0. The smallest absolute Gasteiger partial charge is 0.169 e. The SMILES string of the molecule is C=C[C@]1(C)CC(=O)C2=C(CC[C@@H]3C(C)(C)[C@@H](O)CC[C@@]23C)C1=O. The van der Waals surface area contributed by atoms with Gasteiger partial charge in [-0.05, 0) is 49.4 Å². The molecule has 4 atom stereocenters. The summed E-state index contributed by atoms with van der Waals surface area (Å²) in [5.41, 5.74) is 0.259. The largest absolute Gasteiger partial charge is 0.393 e. The van der Waals surface area contributed by atoms with Crippen LogP contribution in [-0.4, -0.2) is 22.8 Å². The monoisotopic (exact) mass is 316 g/mol. The van der Waals surface area contributed by atoms with Gasteiger partial charge in [-0.2, -0.15) is 0 Å². The Kier molecular flexibility index (Phi) is 3.54. The molecule has 3 aliphatic carbocycles. The lowest BCUT2D eigenvalue weighted by atomic mass is 9.47. The van der Waals surface area contributed by atoms with Crippen molar-refractivity contribution in [3.8, 4) is 0 Å². The van der Waals surface area contributed by atoms with E-state index in [-0.39, 0.29) is 40.8 Å². The molecule has 1 saturated carbocycles. The van der Waals surface area contributed by atoms with Gasteiger partial charge in [0, 0.05) is 17.6 Å². The molecule has 0 aromatic rings. The van der Waals surface area contributed by atoms with Crippen molar-refractivity contribution in [2.45, 2.75) is 65.9 Å². The van der Waals surface area contributed by atoms with Gasteiger partial charge >= 0.3 is 0 Å². The molecule has 0 spiro atoms. The van der Waals surface area contributed by atoms with Crippen molar-refractivity contribution in [2.24, 2.45) is 22.2 Å². The van der Waals surface area contributed by atoms with Crippen LogP contribution >= 0.6 is 0 Å². The average molecular weight is 316 g/mol. The lowest BCUT2D eigenvalue weighted by Crippen LogP contribution is -2.55. The predicted octanol–water partition coefficient (Wildman–Crippen LogP) is 3.61. The van der Waals surface area contributed by atoms with E-state index < -0.39 is 5.41 Å². The Balaban J connectivity index is 2.15. The maximum absolute atomic E-state index is 13.0. The molecule has 3 aliphatic rings. The van der Waals surface area contributed by atoms with Crippen LogP contribution in [0.25, 0.3) is 0 Å². The number of allylic oxidation sites excluding steroid dienone is 3. The Hall–Kier alpha value is -1.22. The molecule has 0 bridgehead atoms. The number of aliphatic hydroxyl groups excluding tert-OH is 1. The van der Waals surface area contributed by atoms with E-state index in [1.165, 1.54) is 0 Å². The van der Waals surface area contributed by atoms with Crippen molar-refractivity contribution in [1.29, 1.82) is 0 Å². The van der Waals surface area contributed by atoms with E-state index in [0.717, 1.165) is 24.0 Å². The number of aliphatic hydroxyl groups is 1. The second-order valence-electron chi connectivity index (χ2n) is 8.79. The highest BCUT2D eigenvalue weighted by Crippen LogP contribution is 2.61. The van der Waals surface area contributed by atoms with Crippen LogP contribution in [0.1, 0.15) is 59.8 Å². The van der Waals surface area contributed by atoms with Crippen molar-refractivity contribution < 1.29 is 14.7 Å². The van der Waals surface area contributed by atoms with Gasteiger partial charge in [-0.15, -0.1) is 6.58 Å². The molecule has 0 unspecified atom stereocenters. The summed E-state index contributed by atoms with van der Waals surface area (Å²) in [5, 5.41) is 10.4. The molecule has 23 heavy (non-hydrogen) atoms. The average Bonchev–Trinajstić information content (AvgIpc) is 2.48. The van der Waals surface area contributed by atoms with Gasteiger partial charge in [0.15, 0.2) is 11.6 Å². The summed E-state index contributed by atoms with van der Waals surface area (Å²) in [7, 11) is 0. The van der Waals surface area contributed by atoms with Gasteiger partial charge in [0.25, 0.3) is 0 Å². The molecule has 1 fully saturated rings. The second-order valence-corrected chi connectivity index (χ2v) is 8.79. The third kappa shape index (κ3) is 2.05. The van der Waals surface area contributed by atoms with E-state index in [0.29, 0.717) is 12.8 Å². The van der Waals surface area contributed by atoms with E-state index in [1.807, 2.05) is 6.92 Å². The van der Waals surface area contributed by atoms with E-state index in [9.17, 15) is 14.7 Å². The Morgan fingerprint density at radius 3 is 2.43 bits per heavy atom. The van der Waals surface area contributed by atoms with Crippen molar-refractivity contribution in [1.82, 2.24) is 0 Å². The van der Waals surface area contributed by atoms with Gasteiger partial charge in [0.2, 0.25) is 0 Å². The molecule has 3 rings (SSSR count). The summed E-state index contributed by atoms with van der Waals surface area (Å²) in [6.07, 6.45) is 4.53. The summed E-state index contributed by atoms with van der Waals surface area (Å²) < 4.78 is 0. The fourth-order valence-electron chi connectivity index (χ4n) is 5.51. The topological polar surface area (TPSA) is 54.4 Å². The van der Waals surface area contributed by atoms with Crippen LogP contribution in [0.2, 0.25) is 0 Å². The van der Waals surface area contributed by atoms with Crippen LogP contribution < -0.4 is 0 Å². The van der Waals surface area contributed by atoms with Crippen molar-refractivity contribution >= 4 is 11.6 Å². The van der Waals surface area contributed by atoms with Crippen LogP contribution in [0, 0.1) is 22.2 Å². The minimum Gasteiger partial charge on any atom is -0.393 e. The summed E-state index contributed by atoms with van der Waals surface area (Å²) in [6.45, 7) is 12.0. The molecule has 0 saturated heterocycles. The highest BCUT2D eigenvalue weighted by Gasteiger charge is 2.58. The van der Waals surface area contributed by atoms with Gasteiger partial charge in [0.1, 0.15) is 0 Å². The lowest BCUT2D eigenvalue weighted by molar-refractivity contribution is -0.134. The molecule has 0 aliphatic heterocycles. The minimum absolute atomic E-state index is 0.0886. The van der Waals surface area contributed by atoms with E-state index in [4.69, 9.17) is 0 Å². The van der Waals surface area contributed by atoms with E-state index in [1.54, 1.807) is 6.08 Å². The number of ketones is 2. The lowest BCUT2D eigenvalue weighted by Gasteiger charge is -2.57. The quantitative estimate of drug-likeness (QED) is 0.752.